The molecule has 0 aliphatic heterocycles. The summed E-state index contributed by atoms with van der Waals surface area (Å²) < 4.78 is 20.6. The molecule has 0 N–H and O–H groups in total. The zero-order chi connectivity index (χ0) is 20.9. The summed E-state index contributed by atoms with van der Waals surface area (Å²) in [4.78, 5) is 29.3. The molecule has 0 radical (unpaired) electrons. The van der Waals surface area contributed by atoms with Crippen LogP contribution in [0.5, 0.6) is 5.75 Å². The molecule has 0 saturated heterocycles. The van der Waals surface area contributed by atoms with Crippen LogP contribution >= 0.6 is 23.4 Å². The van der Waals surface area contributed by atoms with E-state index in [-0.39, 0.29) is 23.3 Å². The molecule has 0 spiro atoms. The number of carbonyl (C=O) groups excluding carboxylic acids is 2. The number of aliphatic imine (C=N–C) groups is 1. The van der Waals surface area contributed by atoms with Crippen LogP contribution in [0.3, 0.4) is 0 Å². The van der Waals surface area contributed by atoms with Gasteiger partial charge in [-0.2, -0.15) is 0 Å². The van der Waals surface area contributed by atoms with Crippen LogP contribution in [0.2, 0.25) is 5.02 Å². The number of benzene rings is 1. The highest BCUT2D eigenvalue weighted by Crippen LogP contribution is 2.35. The minimum Gasteiger partial charge on any atom is -0.490 e. The second kappa shape index (κ2) is 13.4. The maximum Gasteiger partial charge on any atom is 0.327 e. The van der Waals surface area contributed by atoms with Crippen LogP contribution in [-0.4, -0.2) is 56.3 Å². The first kappa shape index (κ1) is 24.3. The van der Waals surface area contributed by atoms with Crippen LogP contribution in [0.4, 0.5) is 5.69 Å². The first-order valence-electron chi connectivity index (χ1n) is 8.94. The van der Waals surface area contributed by atoms with E-state index in [0.29, 0.717) is 30.4 Å². The summed E-state index contributed by atoms with van der Waals surface area (Å²) in [5.74, 6) is -1.65. The highest BCUT2D eigenvalue weighted by molar-refractivity contribution is 8.14. The first-order chi connectivity index (χ1) is 13.5. The molecule has 9 heteroatoms. The summed E-state index contributed by atoms with van der Waals surface area (Å²) in [7, 11) is 1.57. The summed E-state index contributed by atoms with van der Waals surface area (Å²) in [5, 5.41) is 0.537. The van der Waals surface area contributed by atoms with Crippen LogP contribution < -0.4 is 4.74 Å². The lowest BCUT2D eigenvalue weighted by molar-refractivity contribution is -0.157. The van der Waals surface area contributed by atoms with Gasteiger partial charge in [-0.05, 0) is 31.7 Å². The Morgan fingerprint density at radius 2 is 1.75 bits per heavy atom. The van der Waals surface area contributed by atoms with Crippen LogP contribution in [0.1, 0.15) is 20.8 Å². The standard InChI is InChI=1S/C19H26ClNO6S/c1-5-25-18(22)15(19(23)26-6-2)17(28-7-3)21-13-9-8-10-14(16(13)20)27-12-11-24-4/h8-10,15H,5-7,11-12H2,1-4H3. The zero-order valence-corrected chi connectivity index (χ0v) is 18.1. The van der Waals surface area contributed by atoms with Gasteiger partial charge in [0.15, 0.2) is 0 Å². The lowest BCUT2D eigenvalue weighted by Crippen LogP contribution is -2.33. The molecule has 0 atom stereocenters. The number of nitrogens with zero attached hydrogens (tertiary/aromatic N) is 1. The van der Waals surface area contributed by atoms with Crippen LogP contribution in [0.15, 0.2) is 23.2 Å². The summed E-state index contributed by atoms with van der Waals surface area (Å²) in [5.41, 5.74) is 0.381. The number of thioether (sulfide) groups is 1. The van der Waals surface area contributed by atoms with Gasteiger partial charge in [0.25, 0.3) is 0 Å². The Kier molecular flexibility index (Phi) is 11.6. The lowest BCUT2D eigenvalue weighted by Gasteiger charge is -2.16. The number of hydrogen-bond donors (Lipinski definition) is 0. The quantitative estimate of drug-likeness (QED) is 0.173. The molecule has 0 aliphatic carbocycles. The molecule has 156 valence electrons. The maximum atomic E-state index is 12.4. The molecular weight excluding hydrogens is 406 g/mol. The Labute approximate surface area is 174 Å². The predicted octanol–water partition coefficient (Wildman–Crippen LogP) is 3.89. The predicted molar refractivity (Wildman–Crippen MR) is 111 cm³/mol. The number of halogens is 1. The molecule has 28 heavy (non-hydrogen) atoms. The number of ether oxygens (including phenoxy) is 4. The van der Waals surface area contributed by atoms with Gasteiger partial charge in [0, 0.05) is 7.11 Å². The Hall–Kier alpha value is -1.77. The summed E-state index contributed by atoms with van der Waals surface area (Å²) >= 11 is 7.66. The molecule has 0 heterocycles. The molecule has 1 rings (SSSR count). The summed E-state index contributed by atoms with van der Waals surface area (Å²) in [6.07, 6.45) is 0. The topological polar surface area (TPSA) is 83.4 Å². The Morgan fingerprint density at radius 3 is 2.29 bits per heavy atom. The third-order valence-electron chi connectivity index (χ3n) is 3.30. The highest BCUT2D eigenvalue weighted by Gasteiger charge is 2.35. The SMILES string of the molecule is CCOC(=O)C(C(=O)OCC)C(=Nc1cccc(OCCOC)c1Cl)SCC. The van der Waals surface area contributed by atoms with Crippen molar-refractivity contribution in [2.24, 2.45) is 10.9 Å². The molecule has 0 amide bonds. The zero-order valence-electron chi connectivity index (χ0n) is 16.5. The van der Waals surface area contributed by atoms with E-state index in [1.54, 1.807) is 39.2 Å². The van der Waals surface area contributed by atoms with E-state index in [2.05, 4.69) is 4.99 Å². The van der Waals surface area contributed by atoms with Crippen molar-refractivity contribution in [2.45, 2.75) is 20.8 Å². The Morgan fingerprint density at radius 1 is 1.11 bits per heavy atom. The minimum atomic E-state index is -1.26. The number of esters is 2. The van der Waals surface area contributed by atoms with Crippen molar-refractivity contribution in [2.75, 3.05) is 39.3 Å². The third-order valence-corrected chi connectivity index (χ3v) is 4.59. The van der Waals surface area contributed by atoms with Crippen molar-refractivity contribution in [3.8, 4) is 5.75 Å². The van der Waals surface area contributed by atoms with Crippen LogP contribution in [-0.2, 0) is 23.8 Å². The van der Waals surface area contributed by atoms with Gasteiger partial charge in [-0.15, -0.1) is 11.8 Å². The van der Waals surface area contributed by atoms with Gasteiger partial charge < -0.3 is 18.9 Å². The van der Waals surface area contributed by atoms with E-state index in [1.807, 2.05) is 6.92 Å². The van der Waals surface area contributed by atoms with Crippen LogP contribution in [0, 0.1) is 5.92 Å². The van der Waals surface area contributed by atoms with Crippen molar-refractivity contribution < 1.29 is 28.5 Å². The summed E-state index contributed by atoms with van der Waals surface area (Å²) in [6.45, 7) is 6.25. The van der Waals surface area contributed by atoms with Gasteiger partial charge in [-0.3, -0.25) is 9.59 Å². The fourth-order valence-corrected chi connectivity index (χ4v) is 3.17. The van der Waals surface area contributed by atoms with Crippen molar-refractivity contribution in [3.05, 3.63) is 23.2 Å². The summed E-state index contributed by atoms with van der Waals surface area (Å²) in [6, 6.07) is 5.11. The van der Waals surface area contributed by atoms with E-state index in [1.165, 1.54) is 11.8 Å². The van der Waals surface area contributed by atoms with Crippen molar-refractivity contribution in [1.29, 1.82) is 0 Å². The van der Waals surface area contributed by atoms with Gasteiger partial charge in [0.2, 0.25) is 5.92 Å². The molecule has 0 bridgehead atoms. The average Bonchev–Trinajstić information content (AvgIpc) is 2.65. The fraction of sp³-hybridized carbons (Fsp3) is 0.526. The average molecular weight is 432 g/mol. The number of methoxy groups -OCH3 is 1. The van der Waals surface area contributed by atoms with Crippen molar-refractivity contribution >= 4 is 46.0 Å². The Balaban J connectivity index is 3.29. The number of carbonyl (C=O) groups is 2. The van der Waals surface area contributed by atoms with Crippen LogP contribution in [0.25, 0.3) is 0 Å². The van der Waals surface area contributed by atoms with E-state index < -0.39 is 17.9 Å². The first-order valence-corrected chi connectivity index (χ1v) is 10.3. The van der Waals surface area contributed by atoms with Crippen molar-refractivity contribution in [3.63, 3.8) is 0 Å². The molecule has 0 aliphatic rings. The fourth-order valence-electron chi connectivity index (χ4n) is 2.13. The van der Waals surface area contributed by atoms with E-state index >= 15 is 0 Å². The number of hydrogen-bond acceptors (Lipinski definition) is 8. The number of rotatable bonds is 11. The van der Waals surface area contributed by atoms with E-state index in [4.69, 9.17) is 30.5 Å². The Bertz CT molecular complexity index is 664. The highest BCUT2D eigenvalue weighted by atomic mass is 35.5. The van der Waals surface area contributed by atoms with Gasteiger partial charge in [-0.25, -0.2) is 4.99 Å². The molecular formula is C19H26ClNO6S. The largest absolute Gasteiger partial charge is 0.490 e. The van der Waals surface area contributed by atoms with Gasteiger partial charge >= 0.3 is 11.9 Å². The lowest BCUT2D eigenvalue weighted by atomic mass is 10.1. The maximum absolute atomic E-state index is 12.4. The molecule has 0 aromatic heterocycles. The monoisotopic (exact) mass is 431 g/mol. The van der Waals surface area contributed by atoms with Gasteiger partial charge in [-0.1, -0.05) is 24.6 Å². The molecule has 1 aromatic rings. The molecule has 7 nitrogen and oxygen atoms in total. The molecule has 0 saturated carbocycles. The minimum absolute atomic E-state index is 0.141. The molecule has 1 aromatic carbocycles. The second-order valence-electron chi connectivity index (χ2n) is 5.25. The van der Waals surface area contributed by atoms with E-state index in [9.17, 15) is 9.59 Å². The normalized spacial score (nSPS) is 11.4. The van der Waals surface area contributed by atoms with E-state index in [0.717, 1.165) is 0 Å². The van der Waals surface area contributed by atoms with Gasteiger partial charge in [0.05, 0.1) is 30.6 Å². The third kappa shape index (κ3) is 7.33. The van der Waals surface area contributed by atoms with Crippen molar-refractivity contribution in [1.82, 2.24) is 0 Å². The smallest absolute Gasteiger partial charge is 0.327 e. The molecule has 0 fully saturated rings. The molecule has 0 unspecified atom stereocenters. The van der Waals surface area contributed by atoms with Gasteiger partial charge in [0.1, 0.15) is 17.4 Å². The second-order valence-corrected chi connectivity index (χ2v) is 6.91.